The van der Waals surface area contributed by atoms with E-state index in [0.29, 0.717) is 11.2 Å². The summed E-state index contributed by atoms with van der Waals surface area (Å²) in [4.78, 5) is 11.6. The number of rotatable bonds is 0. The lowest BCUT2D eigenvalue weighted by molar-refractivity contribution is -0.142. The molecule has 1 nitrogen and oxygen atoms in total. The molecule has 4 saturated carbocycles. The molecule has 0 aromatic carbocycles. The molecule has 0 amide bonds. The molecule has 4 atom stereocenters. The second-order valence-corrected chi connectivity index (χ2v) is 5.08. The smallest absolute Gasteiger partial charge is 0.139 e. The van der Waals surface area contributed by atoms with Crippen molar-refractivity contribution in [1.82, 2.24) is 0 Å². The van der Waals surface area contributed by atoms with E-state index in [-0.39, 0.29) is 5.41 Å². The van der Waals surface area contributed by atoms with Crippen molar-refractivity contribution in [2.24, 2.45) is 22.7 Å². The summed E-state index contributed by atoms with van der Waals surface area (Å²) in [5.74, 6) is 2.08. The highest BCUT2D eigenvalue weighted by atomic mass is 16.1. The molecular formula is C10H14O. The summed E-state index contributed by atoms with van der Waals surface area (Å²) in [5, 5.41) is 0. The SMILES string of the molecule is C[C@]12C[C@H]3C[C@H]1CC(=O)[C@@]32C. The average Bonchev–Trinajstić information content (AvgIpc) is 2.40. The molecule has 4 aliphatic rings. The van der Waals surface area contributed by atoms with E-state index in [1.54, 1.807) is 0 Å². The monoisotopic (exact) mass is 150 g/mol. The molecule has 0 heterocycles. The zero-order valence-corrected chi connectivity index (χ0v) is 7.18. The van der Waals surface area contributed by atoms with E-state index < -0.39 is 0 Å². The summed E-state index contributed by atoms with van der Waals surface area (Å²) in [5.41, 5.74) is 0.548. The van der Waals surface area contributed by atoms with Gasteiger partial charge in [0, 0.05) is 11.8 Å². The van der Waals surface area contributed by atoms with Gasteiger partial charge in [-0.2, -0.15) is 0 Å². The first kappa shape index (κ1) is 6.22. The largest absolute Gasteiger partial charge is 0.299 e. The van der Waals surface area contributed by atoms with Crippen LogP contribution >= 0.6 is 0 Å². The number of ketones is 1. The molecule has 4 fully saturated rings. The second kappa shape index (κ2) is 1.30. The maximum absolute atomic E-state index is 11.6. The van der Waals surface area contributed by atoms with Gasteiger partial charge in [-0.3, -0.25) is 4.79 Å². The van der Waals surface area contributed by atoms with E-state index in [4.69, 9.17) is 0 Å². The summed E-state index contributed by atoms with van der Waals surface area (Å²) in [6, 6.07) is 0. The third-order valence-corrected chi connectivity index (χ3v) is 5.15. The summed E-state index contributed by atoms with van der Waals surface area (Å²) >= 11 is 0. The Balaban J connectivity index is 2.20. The van der Waals surface area contributed by atoms with E-state index in [1.807, 2.05) is 0 Å². The number of Topliss-reactive ketones (excluding diaryl/α,β-unsaturated/α-hetero) is 1. The van der Waals surface area contributed by atoms with Crippen molar-refractivity contribution in [3.8, 4) is 0 Å². The van der Waals surface area contributed by atoms with Crippen molar-refractivity contribution >= 4 is 5.78 Å². The highest BCUT2D eigenvalue weighted by Gasteiger charge is 2.75. The third-order valence-electron chi connectivity index (χ3n) is 5.15. The van der Waals surface area contributed by atoms with Gasteiger partial charge in [-0.05, 0) is 30.1 Å². The van der Waals surface area contributed by atoms with Crippen LogP contribution in [0.15, 0.2) is 0 Å². The Morgan fingerprint density at radius 3 is 2.45 bits per heavy atom. The standard InChI is InChI=1S/C10H14O/c1-9-5-7-3-6(9)4-8(11)10(7,9)2/h6-7H,3-5H2,1-2H3/t6-,7+,9-,10+/m0/s1. The first-order chi connectivity index (χ1) is 5.09. The number of hydrogen-bond acceptors (Lipinski definition) is 1. The highest BCUT2D eigenvalue weighted by Crippen LogP contribution is 2.78. The Labute approximate surface area is 67.2 Å². The van der Waals surface area contributed by atoms with Gasteiger partial charge < -0.3 is 0 Å². The van der Waals surface area contributed by atoms with Crippen molar-refractivity contribution in [2.75, 3.05) is 0 Å². The van der Waals surface area contributed by atoms with Crippen molar-refractivity contribution in [3.05, 3.63) is 0 Å². The fourth-order valence-electron chi connectivity index (χ4n) is 4.07. The predicted octanol–water partition coefficient (Wildman–Crippen LogP) is 2.01. The lowest BCUT2D eigenvalue weighted by atomic mass is 9.51. The van der Waals surface area contributed by atoms with Crippen molar-refractivity contribution in [1.29, 1.82) is 0 Å². The van der Waals surface area contributed by atoms with Gasteiger partial charge in [0.25, 0.3) is 0 Å². The Morgan fingerprint density at radius 2 is 2.09 bits per heavy atom. The molecule has 1 heteroatoms. The second-order valence-electron chi connectivity index (χ2n) is 5.08. The number of carbonyl (C=O) groups excluding carboxylic acids is 1. The van der Waals surface area contributed by atoms with Crippen LogP contribution in [0.2, 0.25) is 0 Å². The molecule has 0 spiro atoms. The molecule has 11 heavy (non-hydrogen) atoms. The van der Waals surface area contributed by atoms with Crippen LogP contribution in [0.5, 0.6) is 0 Å². The zero-order valence-electron chi connectivity index (χ0n) is 7.18. The lowest BCUT2D eigenvalue weighted by Gasteiger charge is -2.51. The van der Waals surface area contributed by atoms with Crippen molar-refractivity contribution in [3.63, 3.8) is 0 Å². The summed E-state index contributed by atoms with van der Waals surface area (Å²) < 4.78 is 0. The van der Waals surface area contributed by atoms with Gasteiger partial charge in [0.2, 0.25) is 0 Å². The summed E-state index contributed by atoms with van der Waals surface area (Å²) in [6.07, 6.45) is 3.57. The number of carbonyl (C=O) groups is 1. The maximum atomic E-state index is 11.6. The van der Waals surface area contributed by atoms with E-state index in [9.17, 15) is 4.79 Å². The van der Waals surface area contributed by atoms with Gasteiger partial charge in [-0.15, -0.1) is 0 Å². The average molecular weight is 150 g/mol. The Kier molecular flexibility index (Phi) is 0.733. The maximum Gasteiger partial charge on any atom is 0.139 e. The molecule has 4 bridgehead atoms. The van der Waals surface area contributed by atoms with Gasteiger partial charge >= 0.3 is 0 Å². The molecule has 0 N–H and O–H groups in total. The van der Waals surface area contributed by atoms with Crippen LogP contribution in [-0.4, -0.2) is 5.78 Å². The van der Waals surface area contributed by atoms with Gasteiger partial charge in [0.05, 0.1) is 0 Å². The van der Waals surface area contributed by atoms with Crippen molar-refractivity contribution < 1.29 is 4.79 Å². The minimum atomic E-state index is 0.123. The Hall–Kier alpha value is -0.330. The molecular weight excluding hydrogens is 136 g/mol. The van der Waals surface area contributed by atoms with Crippen LogP contribution in [0.25, 0.3) is 0 Å². The molecule has 0 aliphatic heterocycles. The summed E-state index contributed by atoms with van der Waals surface area (Å²) in [7, 11) is 0. The van der Waals surface area contributed by atoms with Gasteiger partial charge in [-0.1, -0.05) is 13.8 Å². The molecule has 60 valence electrons. The topological polar surface area (TPSA) is 17.1 Å². The molecule has 0 aromatic rings. The van der Waals surface area contributed by atoms with E-state index in [1.165, 1.54) is 12.8 Å². The van der Waals surface area contributed by atoms with Crippen LogP contribution < -0.4 is 0 Å². The molecule has 0 aromatic heterocycles. The van der Waals surface area contributed by atoms with E-state index in [0.717, 1.165) is 18.3 Å². The van der Waals surface area contributed by atoms with Crippen LogP contribution in [0.3, 0.4) is 0 Å². The first-order valence-electron chi connectivity index (χ1n) is 4.62. The quantitative estimate of drug-likeness (QED) is 0.516. The minimum Gasteiger partial charge on any atom is -0.299 e. The minimum absolute atomic E-state index is 0.123. The predicted molar refractivity (Wildman–Crippen MR) is 42.1 cm³/mol. The van der Waals surface area contributed by atoms with Crippen LogP contribution in [-0.2, 0) is 4.79 Å². The molecule has 0 unspecified atom stereocenters. The zero-order chi connectivity index (χ0) is 7.85. The fraction of sp³-hybridized carbons (Fsp3) is 0.900. The first-order valence-corrected chi connectivity index (χ1v) is 4.62. The van der Waals surface area contributed by atoms with Gasteiger partial charge in [0.15, 0.2) is 0 Å². The molecule has 4 rings (SSSR count). The van der Waals surface area contributed by atoms with Gasteiger partial charge in [-0.25, -0.2) is 0 Å². The molecule has 4 aliphatic carbocycles. The Bertz CT molecular complexity index is 256. The lowest BCUT2D eigenvalue weighted by Crippen LogP contribution is -2.50. The van der Waals surface area contributed by atoms with E-state index >= 15 is 0 Å². The van der Waals surface area contributed by atoms with Crippen LogP contribution in [0.1, 0.15) is 33.1 Å². The van der Waals surface area contributed by atoms with Crippen LogP contribution in [0, 0.1) is 22.7 Å². The molecule has 0 saturated heterocycles. The molecule has 0 radical (unpaired) electrons. The van der Waals surface area contributed by atoms with Crippen LogP contribution in [0.4, 0.5) is 0 Å². The fourth-order valence-corrected chi connectivity index (χ4v) is 4.07. The highest BCUT2D eigenvalue weighted by molar-refractivity contribution is 5.91. The third kappa shape index (κ3) is 0.361. The van der Waals surface area contributed by atoms with Crippen molar-refractivity contribution in [2.45, 2.75) is 33.1 Å². The van der Waals surface area contributed by atoms with E-state index in [2.05, 4.69) is 13.8 Å². The normalized spacial score (nSPS) is 65.1. The van der Waals surface area contributed by atoms with Gasteiger partial charge in [0.1, 0.15) is 5.78 Å². The Morgan fingerprint density at radius 1 is 1.36 bits per heavy atom. The number of hydrogen-bond donors (Lipinski definition) is 0. The summed E-state index contributed by atoms with van der Waals surface area (Å²) in [6.45, 7) is 4.53.